The zero-order valence-corrected chi connectivity index (χ0v) is 39.7. The molecule has 1 unspecified atom stereocenters. The fourth-order valence-electron chi connectivity index (χ4n) is 9.47. The van der Waals surface area contributed by atoms with Crippen molar-refractivity contribution in [2.45, 2.75) is 83.0 Å². The highest BCUT2D eigenvalue weighted by molar-refractivity contribution is 5.68. The molecule has 0 radical (unpaired) electrons. The van der Waals surface area contributed by atoms with Crippen LogP contribution in [0.3, 0.4) is 0 Å². The lowest BCUT2D eigenvalue weighted by atomic mass is 9.56. The SMILES string of the molecule is CC(C)(CC(C)(c1ccc(-c2ccc(CC(C)(C)c3nc(-c4ccccc4)cc(-c4ccccc4)n3)cc2)nc1)C(C)(C)c1ncc(-c2ccccc2)cn1)c1ccc(-c2ccccc2)cn1. The monoisotopic (exact) mass is 874 g/mol. The van der Waals surface area contributed by atoms with E-state index < -0.39 is 10.8 Å². The summed E-state index contributed by atoms with van der Waals surface area (Å²) >= 11 is 0. The summed E-state index contributed by atoms with van der Waals surface area (Å²) in [4.78, 5) is 30.7. The van der Waals surface area contributed by atoms with E-state index in [4.69, 9.17) is 29.9 Å². The van der Waals surface area contributed by atoms with Crippen molar-refractivity contribution < 1.29 is 0 Å². The molecule has 0 spiro atoms. The minimum atomic E-state index is -0.507. The molecule has 9 rings (SSSR count). The smallest absolute Gasteiger partial charge is 0.135 e. The molecule has 4 heterocycles. The van der Waals surface area contributed by atoms with Crippen molar-refractivity contribution in [1.29, 1.82) is 0 Å². The summed E-state index contributed by atoms with van der Waals surface area (Å²) in [5.41, 5.74) is 12.1. The molecule has 0 aliphatic heterocycles. The van der Waals surface area contributed by atoms with Crippen molar-refractivity contribution in [2.75, 3.05) is 0 Å². The molecule has 5 aromatic carbocycles. The van der Waals surface area contributed by atoms with E-state index in [1.165, 1.54) is 5.56 Å². The third kappa shape index (κ3) is 9.48. The van der Waals surface area contributed by atoms with Gasteiger partial charge in [-0.2, -0.15) is 0 Å². The van der Waals surface area contributed by atoms with Gasteiger partial charge in [0.05, 0.1) is 17.1 Å². The van der Waals surface area contributed by atoms with Crippen molar-refractivity contribution in [3.8, 4) is 56.0 Å². The van der Waals surface area contributed by atoms with Crippen LogP contribution in [0.1, 0.15) is 83.4 Å². The van der Waals surface area contributed by atoms with Crippen LogP contribution in [-0.2, 0) is 28.1 Å². The van der Waals surface area contributed by atoms with E-state index in [9.17, 15) is 0 Å². The molecule has 9 aromatic rings. The van der Waals surface area contributed by atoms with E-state index in [0.717, 1.165) is 91.8 Å². The summed E-state index contributed by atoms with van der Waals surface area (Å²) in [6.07, 6.45) is 9.52. The lowest BCUT2D eigenvalue weighted by Gasteiger charge is -2.47. The van der Waals surface area contributed by atoms with Gasteiger partial charge in [0.2, 0.25) is 0 Å². The molecule has 6 nitrogen and oxygen atoms in total. The Labute approximate surface area is 396 Å². The second-order valence-corrected chi connectivity index (χ2v) is 19.9. The van der Waals surface area contributed by atoms with Crippen LogP contribution in [0, 0.1) is 0 Å². The fourth-order valence-corrected chi connectivity index (χ4v) is 9.47. The highest BCUT2D eigenvalue weighted by Crippen LogP contribution is 2.50. The zero-order valence-electron chi connectivity index (χ0n) is 39.7. The number of hydrogen-bond donors (Lipinski definition) is 0. The zero-order chi connectivity index (χ0) is 46.7. The largest absolute Gasteiger partial charge is 0.260 e. The number of nitrogens with zero attached hydrogens (tertiary/aromatic N) is 6. The van der Waals surface area contributed by atoms with Gasteiger partial charge in [0.25, 0.3) is 0 Å². The third-order valence-electron chi connectivity index (χ3n) is 13.8. The molecule has 0 saturated carbocycles. The van der Waals surface area contributed by atoms with Gasteiger partial charge in [-0.3, -0.25) is 9.97 Å². The molecule has 4 aromatic heterocycles. The van der Waals surface area contributed by atoms with Crippen LogP contribution in [-0.4, -0.2) is 29.9 Å². The van der Waals surface area contributed by atoms with E-state index in [2.05, 4.69) is 194 Å². The van der Waals surface area contributed by atoms with Crippen LogP contribution in [0.2, 0.25) is 0 Å². The van der Waals surface area contributed by atoms with Gasteiger partial charge in [-0.1, -0.05) is 206 Å². The van der Waals surface area contributed by atoms with E-state index in [1.54, 1.807) is 0 Å². The maximum atomic E-state index is 5.18. The van der Waals surface area contributed by atoms with E-state index in [0.29, 0.717) is 0 Å². The first-order valence-corrected chi connectivity index (χ1v) is 23.3. The summed E-state index contributed by atoms with van der Waals surface area (Å²) in [5.74, 6) is 1.61. The number of pyridine rings is 2. The summed E-state index contributed by atoms with van der Waals surface area (Å²) in [5, 5.41) is 0. The normalized spacial score (nSPS) is 12.9. The lowest BCUT2D eigenvalue weighted by molar-refractivity contribution is 0.199. The van der Waals surface area contributed by atoms with Gasteiger partial charge in [0, 0.05) is 80.0 Å². The molecule has 67 heavy (non-hydrogen) atoms. The molecule has 0 aliphatic rings. The topological polar surface area (TPSA) is 77.3 Å². The van der Waals surface area contributed by atoms with Gasteiger partial charge >= 0.3 is 0 Å². The molecule has 0 bridgehead atoms. The number of aromatic nitrogens is 6. The van der Waals surface area contributed by atoms with Gasteiger partial charge in [-0.05, 0) is 53.3 Å². The summed E-state index contributed by atoms with van der Waals surface area (Å²) in [7, 11) is 0. The first-order chi connectivity index (χ1) is 32.3. The molecule has 0 aliphatic carbocycles. The molecule has 332 valence electrons. The second kappa shape index (κ2) is 18.4. The predicted molar refractivity (Wildman–Crippen MR) is 274 cm³/mol. The van der Waals surface area contributed by atoms with Gasteiger partial charge < -0.3 is 0 Å². The maximum Gasteiger partial charge on any atom is 0.135 e. The van der Waals surface area contributed by atoms with Crippen LogP contribution in [0.4, 0.5) is 0 Å². The Morgan fingerprint density at radius 3 is 1.33 bits per heavy atom. The minimum absolute atomic E-state index is 0.315. The molecular weight excluding hydrogens is 817 g/mol. The Kier molecular flexibility index (Phi) is 12.3. The summed E-state index contributed by atoms with van der Waals surface area (Å²) in [6.45, 7) is 15.9. The summed E-state index contributed by atoms with van der Waals surface area (Å²) in [6, 6.07) is 61.1. The predicted octanol–water partition coefficient (Wildman–Crippen LogP) is 14.5. The van der Waals surface area contributed by atoms with Crippen molar-refractivity contribution in [3.05, 3.63) is 229 Å². The number of benzene rings is 5. The molecule has 1 atom stereocenters. The lowest BCUT2D eigenvalue weighted by Crippen LogP contribution is -2.47. The van der Waals surface area contributed by atoms with Crippen LogP contribution in [0.15, 0.2) is 201 Å². The van der Waals surface area contributed by atoms with Crippen molar-refractivity contribution in [1.82, 2.24) is 29.9 Å². The standard InChI is InChI=1S/C61H58N6/c1-58(2,56-66-53(46-24-16-10-17-25-46)36-54(67-56)47-26-18-11-19-27-47)37-43-28-30-48(31-29-43)52-34-33-51(41-62-52)61(7,60(5,6)57-64-39-50(40-65-57)45-22-14-9-15-23-45)42-59(3,4)55-35-32-49(38-63-55)44-20-12-8-13-21-44/h8-36,38-41H,37,42H2,1-7H3. The van der Waals surface area contributed by atoms with Crippen molar-refractivity contribution >= 4 is 0 Å². The Morgan fingerprint density at radius 1 is 0.358 bits per heavy atom. The molecule has 0 saturated heterocycles. The van der Waals surface area contributed by atoms with Crippen molar-refractivity contribution in [2.24, 2.45) is 0 Å². The first-order valence-electron chi connectivity index (χ1n) is 23.3. The van der Waals surface area contributed by atoms with Crippen molar-refractivity contribution in [3.63, 3.8) is 0 Å². The van der Waals surface area contributed by atoms with Crippen LogP contribution >= 0.6 is 0 Å². The molecular formula is C61H58N6. The summed E-state index contributed by atoms with van der Waals surface area (Å²) < 4.78 is 0. The molecule has 0 fully saturated rings. The van der Waals surface area contributed by atoms with Gasteiger partial charge in [0.1, 0.15) is 11.6 Å². The molecule has 0 N–H and O–H groups in total. The molecule has 6 heteroatoms. The number of hydrogen-bond acceptors (Lipinski definition) is 6. The fraction of sp³-hybridized carbons (Fsp3) is 0.213. The Hall–Kier alpha value is -7.44. The van der Waals surface area contributed by atoms with E-state index in [-0.39, 0.29) is 10.8 Å². The number of rotatable bonds is 14. The van der Waals surface area contributed by atoms with Gasteiger partial charge in [-0.15, -0.1) is 0 Å². The highest BCUT2D eigenvalue weighted by Gasteiger charge is 2.49. The second-order valence-electron chi connectivity index (χ2n) is 19.9. The van der Waals surface area contributed by atoms with Crippen LogP contribution < -0.4 is 0 Å². The van der Waals surface area contributed by atoms with Crippen LogP contribution in [0.25, 0.3) is 56.0 Å². The third-order valence-corrected chi connectivity index (χ3v) is 13.8. The average molecular weight is 875 g/mol. The first kappa shape index (κ1) is 44.7. The Morgan fingerprint density at radius 2 is 0.836 bits per heavy atom. The van der Waals surface area contributed by atoms with Crippen LogP contribution in [0.5, 0.6) is 0 Å². The van der Waals surface area contributed by atoms with E-state index in [1.807, 2.05) is 55.0 Å². The molecule has 0 amide bonds. The maximum absolute atomic E-state index is 5.18. The quantitative estimate of drug-likeness (QED) is 0.108. The Bertz CT molecular complexity index is 2980. The van der Waals surface area contributed by atoms with Gasteiger partial charge in [-0.25, -0.2) is 19.9 Å². The van der Waals surface area contributed by atoms with E-state index >= 15 is 0 Å². The highest BCUT2D eigenvalue weighted by atomic mass is 14.9. The minimum Gasteiger partial charge on any atom is -0.260 e. The van der Waals surface area contributed by atoms with Gasteiger partial charge in [0.15, 0.2) is 0 Å². The average Bonchev–Trinajstić information content (AvgIpc) is 3.37. The Balaban J connectivity index is 1.00.